The van der Waals surface area contributed by atoms with Gasteiger partial charge in [0.2, 0.25) is 5.91 Å². The van der Waals surface area contributed by atoms with Gasteiger partial charge >= 0.3 is 7.12 Å². The molecule has 4 rings (SSSR count). The number of fused-ring (bicyclic) bond motifs is 1. The SMILES string of the molecule is CC1(C)OB(c2ccnc3cc(C4CCC(=O)N4)sc23)OC1(C)C. The molecule has 1 N–H and O–H groups in total. The van der Waals surface area contributed by atoms with E-state index in [2.05, 4.69) is 44.1 Å². The van der Waals surface area contributed by atoms with E-state index in [4.69, 9.17) is 9.31 Å². The molecular formula is C17H21BN2O3S. The summed E-state index contributed by atoms with van der Waals surface area (Å²) in [7, 11) is -0.398. The van der Waals surface area contributed by atoms with Crippen LogP contribution in [0.2, 0.25) is 0 Å². The minimum Gasteiger partial charge on any atom is -0.399 e. The second-order valence-electron chi connectivity index (χ2n) is 7.51. The molecule has 0 bridgehead atoms. The molecule has 1 unspecified atom stereocenters. The molecule has 2 aliphatic rings. The number of nitrogens with zero attached hydrogens (tertiary/aromatic N) is 1. The van der Waals surface area contributed by atoms with Gasteiger partial charge in [-0.15, -0.1) is 11.3 Å². The largest absolute Gasteiger partial charge is 0.496 e. The number of amides is 1. The van der Waals surface area contributed by atoms with Gasteiger partial charge in [-0.05, 0) is 46.2 Å². The fraction of sp³-hybridized carbons (Fsp3) is 0.529. The Kier molecular flexibility index (Phi) is 3.53. The van der Waals surface area contributed by atoms with Gasteiger partial charge in [0.1, 0.15) is 0 Å². The average molecular weight is 344 g/mol. The Morgan fingerprint density at radius 1 is 1.29 bits per heavy atom. The molecule has 2 aromatic rings. The number of hydrogen-bond acceptors (Lipinski definition) is 5. The van der Waals surface area contributed by atoms with E-state index in [1.807, 2.05) is 6.07 Å². The first-order valence-electron chi connectivity index (χ1n) is 8.30. The van der Waals surface area contributed by atoms with E-state index in [0.717, 1.165) is 27.0 Å². The molecule has 2 fully saturated rings. The molecule has 126 valence electrons. The van der Waals surface area contributed by atoms with Gasteiger partial charge in [0.25, 0.3) is 0 Å². The van der Waals surface area contributed by atoms with E-state index in [0.29, 0.717) is 6.42 Å². The van der Waals surface area contributed by atoms with Crippen LogP contribution in [0.1, 0.15) is 51.5 Å². The number of hydrogen-bond donors (Lipinski definition) is 1. The zero-order valence-electron chi connectivity index (χ0n) is 14.4. The third-order valence-electron chi connectivity index (χ3n) is 5.31. The minimum absolute atomic E-state index is 0.0999. The second-order valence-corrected chi connectivity index (χ2v) is 8.59. The van der Waals surface area contributed by atoms with E-state index >= 15 is 0 Å². The molecule has 5 nitrogen and oxygen atoms in total. The van der Waals surface area contributed by atoms with Crippen molar-refractivity contribution in [3.05, 3.63) is 23.2 Å². The molecule has 1 amide bonds. The molecule has 0 saturated carbocycles. The normalized spacial score (nSPS) is 25.4. The highest BCUT2D eigenvalue weighted by Crippen LogP contribution is 2.38. The van der Waals surface area contributed by atoms with Crippen LogP contribution in [0.3, 0.4) is 0 Å². The summed E-state index contributed by atoms with van der Waals surface area (Å²) in [6.45, 7) is 8.22. The van der Waals surface area contributed by atoms with Crippen molar-refractivity contribution in [2.24, 2.45) is 0 Å². The van der Waals surface area contributed by atoms with Crippen LogP contribution in [0, 0.1) is 0 Å². The number of carbonyl (C=O) groups is 1. The summed E-state index contributed by atoms with van der Waals surface area (Å²) < 4.78 is 13.5. The summed E-state index contributed by atoms with van der Waals surface area (Å²) >= 11 is 1.67. The van der Waals surface area contributed by atoms with E-state index in [1.165, 1.54) is 0 Å². The van der Waals surface area contributed by atoms with Gasteiger partial charge in [-0.1, -0.05) is 0 Å². The van der Waals surface area contributed by atoms with Crippen LogP contribution in [0.15, 0.2) is 18.3 Å². The molecule has 0 aromatic carbocycles. The molecular weight excluding hydrogens is 323 g/mol. The number of aromatic nitrogens is 1. The van der Waals surface area contributed by atoms with Crippen molar-refractivity contribution in [2.45, 2.75) is 57.8 Å². The molecule has 1 atom stereocenters. The molecule has 0 radical (unpaired) electrons. The van der Waals surface area contributed by atoms with Gasteiger partial charge in [-0.3, -0.25) is 9.78 Å². The van der Waals surface area contributed by atoms with Crippen molar-refractivity contribution in [3.63, 3.8) is 0 Å². The number of thiophene rings is 1. The maximum absolute atomic E-state index is 11.5. The lowest BCUT2D eigenvalue weighted by molar-refractivity contribution is -0.119. The Bertz CT molecular complexity index is 801. The summed E-state index contributed by atoms with van der Waals surface area (Å²) in [4.78, 5) is 17.1. The predicted octanol–water partition coefficient (Wildman–Crippen LogP) is 2.55. The molecule has 24 heavy (non-hydrogen) atoms. The van der Waals surface area contributed by atoms with Gasteiger partial charge in [-0.2, -0.15) is 0 Å². The highest BCUT2D eigenvalue weighted by molar-refractivity contribution is 7.20. The summed E-state index contributed by atoms with van der Waals surface area (Å²) in [6, 6.07) is 4.14. The third kappa shape index (κ3) is 2.46. The lowest BCUT2D eigenvalue weighted by atomic mass is 9.79. The maximum atomic E-state index is 11.5. The average Bonchev–Trinajstić information content (AvgIpc) is 3.15. The fourth-order valence-electron chi connectivity index (χ4n) is 3.13. The minimum atomic E-state index is -0.398. The monoisotopic (exact) mass is 344 g/mol. The highest BCUT2D eigenvalue weighted by atomic mass is 32.1. The van der Waals surface area contributed by atoms with Crippen LogP contribution in [-0.2, 0) is 14.1 Å². The molecule has 2 aliphatic heterocycles. The molecule has 0 aliphatic carbocycles. The van der Waals surface area contributed by atoms with Crippen LogP contribution < -0.4 is 10.8 Å². The summed E-state index contributed by atoms with van der Waals surface area (Å²) in [5.41, 5.74) is 1.21. The topological polar surface area (TPSA) is 60.5 Å². The Labute approximate surface area is 145 Å². The first-order chi connectivity index (χ1) is 11.3. The third-order valence-corrected chi connectivity index (χ3v) is 6.59. The van der Waals surface area contributed by atoms with Gasteiger partial charge in [0.15, 0.2) is 0 Å². The zero-order chi connectivity index (χ0) is 17.1. The molecule has 7 heteroatoms. The Morgan fingerprint density at radius 2 is 2.00 bits per heavy atom. The highest BCUT2D eigenvalue weighted by Gasteiger charge is 2.52. The number of nitrogens with one attached hydrogen (secondary N) is 1. The van der Waals surface area contributed by atoms with Crippen molar-refractivity contribution in [2.75, 3.05) is 0 Å². The van der Waals surface area contributed by atoms with Crippen molar-refractivity contribution in [1.29, 1.82) is 0 Å². The summed E-state index contributed by atoms with van der Waals surface area (Å²) in [5.74, 6) is 0.122. The van der Waals surface area contributed by atoms with Crippen molar-refractivity contribution >= 4 is 40.0 Å². The van der Waals surface area contributed by atoms with Gasteiger partial charge < -0.3 is 14.6 Å². The molecule has 2 saturated heterocycles. The van der Waals surface area contributed by atoms with E-state index in [1.54, 1.807) is 17.5 Å². The van der Waals surface area contributed by atoms with Gasteiger partial charge in [0, 0.05) is 23.0 Å². The van der Waals surface area contributed by atoms with Crippen LogP contribution in [0.25, 0.3) is 10.2 Å². The molecule has 2 aromatic heterocycles. The standard InChI is InChI=1S/C17H21BN2O3S/c1-16(2)17(3,4)23-18(22-16)10-7-8-19-12-9-13(24-15(10)12)11-5-6-14(21)20-11/h7-9,11H,5-6H2,1-4H3,(H,20,21). The lowest BCUT2D eigenvalue weighted by Crippen LogP contribution is -2.41. The molecule has 0 spiro atoms. The van der Waals surface area contributed by atoms with E-state index < -0.39 is 7.12 Å². The van der Waals surface area contributed by atoms with E-state index in [-0.39, 0.29) is 23.2 Å². The lowest BCUT2D eigenvalue weighted by Gasteiger charge is -2.32. The van der Waals surface area contributed by atoms with E-state index in [9.17, 15) is 4.79 Å². The predicted molar refractivity (Wildman–Crippen MR) is 95.5 cm³/mol. The number of rotatable bonds is 2. The first kappa shape index (κ1) is 16.1. The number of pyridine rings is 1. The van der Waals surface area contributed by atoms with Crippen LogP contribution in [0.4, 0.5) is 0 Å². The smallest absolute Gasteiger partial charge is 0.399 e. The fourth-order valence-corrected chi connectivity index (χ4v) is 4.35. The quantitative estimate of drug-likeness (QED) is 0.851. The number of carbonyl (C=O) groups excluding carboxylic acids is 1. The maximum Gasteiger partial charge on any atom is 0.496 e. The Morgan fingerprint density at radius 3 is 2.62 bits per heavy atom. The molecule has 4 heterocycles. The van der Waals surface area contributed by atoms with Crippen LogP contribution >= 0.6 is 11.3 Å². The zero-order valence-corrected chi connectivity index (χ0v) is 15.2. The van der Waals surface area contributed by atoms with Crippen molar-refractivity contribution < 1.29 is 14.1 Å². The second kappa shape index (κ2) is 5.28. The van der Waals surface area contributed by atoms with Crippen molar-refractivity contribution in [1.82, 2.24) is 10.3 Å². The van der Waals surface area contributed by atoms with Gasteiger partial charge in [0.05, 0.1) is 27.5 Å². The Balaban J connectivity index is 1.72. The van der Waals surface area contributed by atoms with Crippen molar-refractivity contribution in [3.8, 4) is 0 Å². The van der Waals surface area contributed by atoms with Gasteiger partial charge in [-0.25, -0.2) is 0 Å². The summed E-state index contributed by atoms with van der Waals surface area (Å²) in [6.07, 6.45) is 3.24. The summed E-state index contributed by atoms with van der Waals surface area (Å²) in [5, 5.41) is 3.03. The first-order valence-corrected chi connectivity index (χ1v) is 9.12. The van der Waals surface area contributed by atoms with Crippen LogP contribution in [0.5, 0.6) is 0 Å². The van der Waals surface area contributed by atoms with Crippen LogP contribution in [-0.4, -0.2) is 29.2 Å². The Hall–Kier alpha value is -1.44.